The van der Waals surface area contributed by atoms with Crippen molar-refractivity contribution in [2.75, 3.05) is 52.6 Å². The molecule has 1 aliphatic carbocycles. The molecule has 2 saturated heterocycles. The largest absolute Gasteiger partial charge is 0.381 e. The second kappa shape index (κ2) is 9.73. The van der Waals surface area contributed by atoms with E-state index >= 15 is 0 Å². The van der Waals surface area contributed by atoms with Crippen molar-refractivity contribution in [2.45, 2.75) is 57.4 Å². The summed E-state index contributed by atoms with van der Waals surface area (Å²) in [5.41, 5.74) is 0. The zero-order chi connectivity index (χ0) is 16.6. The Morgan fingerprint density at radius 2 is 1.58 bits per heavy atom. The molecule has 0 aromatic heterocycles. The average molecular weight is 338 g/mol. The number of hydrogen-bond donors (Lipinski definition) is 0. The molecule has 5 nitrogen and oxygen atoms in total. The molecule has 0 unspecified atom stereocenters. The first-order chi connectivity index (χ1) is 11.8. The average Bonchev–Trinajstić information content (AvgIpc) is 2.64. The first-order valence-electron chi connectivity index (χ1n) is 10.0. The molecule has 3 aliphatic rings. The number of morpholine rings is 1. The van der Waals surface area contributed by atoms with Gasteiger partial charge in [-0.2, -0.15) is 0 Å². The third kappa shape index (κ3) is 5.43. The molecule has 5 heteroatoms. The van der Waals surface area contributed by atoms with Crippen LogP contribution in [0.5, 0.6) is 0 Å². The number of nitrogens with zero attached hydrogens (tertiary/aromatic N) is 2. The molecule has 0 atom stereocenters. The zero-order valence-corrected chi connectivity index (χ0v) is 15.1. The van der Waals surface area contributed by atoms with Gasteiger partial charge < -0.3 is 14.4 Å². The van der Waals surface area contributed by atoms with Gasteiger partial charge in [0.15, 0.2) is 0 Å². The van der Waals surface area contributed by atoms with E-state index in [1.807, 2.05) is 0 Å². The van der Waals surface area contributed by atoms with Crippen LogP contribution in [-0.2, 0) is 14.3 Å². The Labute approximate surface area is 146 Å². The summed E-state index contributed by atoms with van der Waals surface area (Å²) in [6.45, 7) is 7.11. The van der Waals surface area contributed by atoms with E-state index in [4.69, 9.17) is 9.47 Å². The van der Waals surface area contributed by atoms with Crippen LogP contribution < -0.4 is 0 Å². The van der Waals surface area contributed by atoms with Crippen LogP contribution in [0.1, 0.15) is 51.4 Å². The highest BCUT2D eigenvalue weighted by Crippen LogP contribution is 2.28. The standard InChI is InChI=1S/C19H34N2O3/c22-19(16-17-4-2-1-3-5-17)21(18-6-12-23-13-7-18)9-8-20-10-14-24-15-11-20/h17-18H,1-16H2. The topological polar surface area (TPSA) is 42.0 Å². The molecule has 3 rings (SSSR count). The summed E-state index contributed by atoms with van der Waals surface area (Å²) in [6, 6.07) is 0.385. The molecule has 1 saturated carbocycles. The second-order valence-corrected chi connectivity index (χ2v) is 7.59. The van der Waals surface area contributed by atoms with E-state index in [-0.39, 0.29) is 0 Å². The predicted molar refractivity (Wildman–Crippen MR) is 94.0 cm³/mol. The molecule has 0 N–H and O–H groups in total. The maximum Gasteiger partial charge on any atom is 0.223 e. The smallest absolute Gasteiger partial charge is 0.223 e. The highest BCUT2D eigenvalue weighted by Gasteiger charge is 2.28. The van der Waals surface area contributed by atoms with E-state index in [9.17, 15) is 4.79 Å². The highest BCUT2D eigenvalue weighted by atomic mass is 16.5. The number of carbonyl (C=O) groups excluding carboxylic acids is 1. The molecule has 2 aliphatic heterocycles. The van der Waals surface area contributed by atoms with Gasteiger partial charge in [0.1, 0.15) is 0 Å². The first-order valence-corrected chi connectivity index (χ1v) is 10.0. The summed E-state index contributed by atoms with van der Waals surface area (Å²) in [4.78, 5) is 17.7. The normalized spacial score (nSPS) is 24.8. The molecule has 24 heavy (non-hydrogen) atoms. The summed E-state index contributed by atoms with van der Waals surface area (Å²) in [5, 5.41) is 0. The van der Waals surface area contributed by atoms with E-state index in [2.05, 4.69) is 9.80 Å². The molecule has 1 amide bonds. The third-order valence-corrected chi connectivity index (χ3v) is 5.90. The molecule has 3 fully saturated rings. The minimum absolute atomic E-state index is 0.385. The van der Waals surface area contributed by atoms with Crippen molar-refractivity contribution in [3.05, 3.63) is 0 Å². The maximum atomic E-state index is 13.0. The summed E-state index contributed by atoms with van der Waals surface area (Å²) in [7, 11) is 0. The van der Waals surface area contributed by atoms with E-state index in [1.165, 1.54) is 32.1 Å². The van der Waals surface area contributed by atoms with Gasteiger partial charge in [0, 0.05) is 51.9 Å². The van der Waals surface area contributed by atoms with Crippen molar-refractivity contribution in [3.63, 3.8) is 0 Å². The second-order valence-electron chi connectivity index (χ2n) is 7.59. The lowest BCUT2D eigenvalue weighted by Crippen LogP contribution is -2.48. The van der Waals surface area contributed by atoms with Crippen molar-refractivity contribution in [1.82, 2.24) is 9.80 Å². The number of amides is 1. The zero-order valence-electron chi connectivity index (χ0n) is 15.1. The van der Waals surface area contributed by atoms with Gasteiger partial charge in [-0.05, 0) is 31.6 Å². The van der Waals surface area contributed by atoms with Crippen LogP contribution in [0.25, 0.3) is 0 Å². The van der Waals surface area contributed by atoms with Gasteiger partial charge in [-0.15, -0.1) is 0 Å². The van der Waals surface area contributed by atoms with E-state index in [0.717, 1.165) is 71.9 Å². The van der Waals surface area contributed by atoms with Gasteiger partial charge >= 0.3 is 0 Å². The van der Waals surface area contributed by atoms with Crippen LogP contribution in [0.4, 0.5) is 0 Å². The number of rotatable bonds is 6. The van der Waals surface area contributed by atoms with Gasteiger partial charge in [0.2, 0.25) is 5.91 Å². The monoisotopic (exact) mass is 338 g/mol. The Bertz CT molecular complexity index is 373. The number of carbonyl (C=O) groups is 1. The van der Waals surface area contributed by atoms with Crippen molar-refractivity contribution >= 4 is 5.91 Å². The van der Waals surface area contributed by atoms with Crippen molar-refractivity contribution in [3.8, 4) is 0 Å². The van der Waals surface area contributed by atoms with E-state index in [0.29, 0.717) is 17.9 Å². The Hall–Kier alpha value is -0.650. The molecule has 0 bridgehead atoms. The Kier molecular flexibility index (Phi) is 7.36. The molecule has 0 aromatic rings. The minimum atomic E-state index is 0.385. The van der Waals surface area contributed by atoms with Crippen LogP contribution >= 0.6 is 0 Å². The fourth-order valence-electron chi connectivity index (χ4n) is 4.34. The Morgan fingerprint density at radius 1 is 0.917 bits per heavy atom. The fraction of sp³-hybridized carbons (Fsp3) is 0.947. The maximum absolute atomic E-state index is 13.0. The SMILES string of the molecule is O=C(CC1CCCCC1)N(CCN1CCOCC1)C1CCOCC1. The summed E-state index contributed by atoms with van der Waals surface area (Å²) in [5.74, 6) is 1.01. The lowest BCUT2D eigenvalue weighted by Gasteiger charge is -2.37. The molecule has 0 radical (unpaired) electrons. The Balaban J connectivity index is 1.54. The van der Waals surface area contributed by atoms with Crippen molar-refractivity contribution in [1.29, 1.82) is 0 Å². The summed E-state index contributed by atoms with van der Waals surface area (Å²) >= 11 is 0. The van der Waals surface area contributed by atoms with Gasteiger partial charge in [0.05, 0.1) is 13.2 Å². The lowest BCUT2D eigenvalue weighted by molar-refractivity contribution is -0.137. The van der Waals surface area contributed by atoms with Crippen LogP contribution in [0.3, 0.4) is 0 Å². The molecule has 138 valence electrons. The molecule has 0 aromatic carbocycles. The Morgan fingerprint density at radius 3 is 2.29 bits per heavy atom. The molecular formula is C19H34N2O3. The number of ether oxygens (including phenoxy) is 2. The molecule has 2 heterocycles. The highest BCUT2D eigenvalue weighted by molar-refractivity contribution is 5.76. The third-order valence-electron chi connectivity index (χ3n) is 5.90. The van der Waals surface area contributed by atoms with Crippen LogP contribution in [0.15, 0.2) is 0 Å². The first kappa shape index (κ1) is 18.2. The van der Waals surface area contributed by atoms with Crippen LogP contribution in [0.2, 0.25) is 0 Å². The van der Waals surface area contributed by atoms with Crippen molar-refractivity contribution in [2.24, 2.45) is 5.92 Å². The number of hydrogen-bond acceptors (Lipinski definition) is 4. The molecular weight excluding hydrogens is 304 g/mol. The lowest BCUT2D eigenvalue weighted by atomic mass is 9.86. The van der Waals surface area contributed by atoms with E-state index < -0.39 is 0 Å². The van der Waals surface area contributed by atoms with Crippen LogP contribution in [-0.4, -0.2) is 74.4 Å². The van der Waals surface area contributed by atoms with Gasteiger partial charge in [0.25, 0.3) is 0 Å². The summed E-state index contributed by atoms with van der Waals surface area (Å²) in [6.07, 6.45) is 9.23. The fourth-order valence-corrected chi connectivity index (χ4v) is 4.34. The van der Waals surface area contributed by atoms with E-state index in [1.54, 1.807) is 0 Å². The quantitative estimate of drug-likeness (QED) is 0.745. The van der Waals surface area contributed by atoms with Gasteiger partial charge in [-0.25, -0.2) is 0 Å². The van der Waals surface area contributed by atoms with Gasteiger partial charge in [-0.3, -0.25) is 9.69 Å². The molecule has 0 spiro atoms. The van der Waals surface area contributed by atoms with Crippen molar-refractivity contribution < 1.29 is 14.3 Å². The minimum Gasteiger partial charge on any atom is -0.381 e. The van der Waals surface area contributed by atoms with Gasteiger partial charge in [-0.1, -0.05) is 19.3 Å². The van der Waals surface area contributed by atoms with Crippen LogP contribution in [0, 0.1) is 5.92 Å². The summed E-state index contributed by atoms with van der Waals surface area (Å²) < 4.78 is 10.9. The predicted octanol–water partition coefficient (Wildman–Crippen LogP) is 2.30.